The van der Waals surface area contributed by atoms with Crippen LogP contribution in [0.15, 0.2) is 4.99 Å². The molecule has 0 atom stereocenters. The third-order valence-corrected chi connectivity index (χ3v) is 3.89. The van der Waals surface area contributed by atoms with Crippen molar-refractivity contribution in [3.8, 4) is 0 Å². The zero-order chi connectivity index (χ0) is 16.4. The predicted octanol–water partition coefficient (Wildman–Crippen LogP) is 0.0729. The van der Waals surface area contributed by atoms with Gasteiger partial charge in [-0.05, 0) is 24.7 Å². The van der Waals surface area contributed by atoms with Gasteiger partial charge < -0.3 is 25.0 Å². The van der Waals surface area contributed by atoms with Crippen LogP contribution in [-0.4, -0.2) is 77.9 Å². The highest BCUT2D eigenvalue weighted by molar-refractivity contribution is 5.84. The zero-order valence-electron chi connectivity index (χ0n) is 14.3. The third-order valence-electron chi connectivity index (χ3n) is 3.89. The summed E-state index contributed by atoms with van der Waals surface area (Å²) in [4.78, 5) is 17.5. The summed E-state index contributed by atoms with van der Waals surface area (Å²) in [6, 6.07) is 0. The summed E-state index contributed by atoms with van der Waals surface area (Å²) in [5, 5.41) is 6.52. The maximum atomic E-state index is 11.7. The van der Waals surface area contributed by atoms with Gasteiger partial charge in [0.25, 0.3) is 0 Å². The predicted molar refractivity (Wildman–Crippen MR) is 87.0 cm³/mol. The van der Waals surface area contributed by atoms with E-state index >= 15 is 0 Å². The molecule has 1 rings (SSSR count). The highest BCUT2D eigenvalue weighted by Crippen LogP contribution is 2.48. The second-order valence-electron chi connectivity index (χ2n) is 5.97. The molecule has 1 amide bonds. The Morgan fingerprint density at radius 2 is 1.86 bits per heavy atom. The van der Waals surface area contributed by atoms with Gasteiger partial charge in [-0.3, -0.25) is 4.79 Å². The van der Waals surface area contributed by atoms with Crippen LogP contribution in [-0.2, 0) is 14.3 Å². The molecule has 0 unspecified atom stereocenters. The fourth-order valence-corrected chi connectivity index (χ4v) is 2.02. The summed E-state index contributed by atoms with van der Waals surface area (Å²) in [5.74, 6) is 0.643. The maximum absolute atomic E-state index is 11.7. The van der Waals surface area contributed by atoms with Crippen LogP contribution in [0.3, 0.4) is 0 Å². The molecular formula is C15H30N4O3. The van der Waals surface area contributed by atoms with Gasteiger partial charge >= 0.3 is 0 Å². The summed E-state index contributed by atoms with van der Waals surface area (Å²) in [6.07, 6.45) is 3.48. The molecule has 2 N–H and O–H groups in total. The van der Waals surface area contributed by atoms with E-state index in [9.17, 15) is 4.79 Å². The van der Waals surface area contributed by atoms with Crippen LogP contribution in [0.4, 0.5) is 0 Å². The molecule has 22 heavy (non-hydrogen) atoms. The first-order chi connectivity index (χ1) is 10.5. The van der Waals surface area contributed by atoms with E-state index in [-0.39, 0.29) is 12.5 Å². The smallest absolute Gasteiger partial charge is 0.243 e. The zero-order valence-corrected chi connectivity index (χ0v) is 14.3. The molecule has 0 bridgehead atoms. The van der Waals surface area contributed by atoms with Crippen LogP contribution >= 0.6 is 0 Å². The second-order valence-corrected chi connectivity index (χ2v) is 5.97. The van der Waals surface area contributed by atoms with Gasteiger partial charge in [-0.1, -0.05) is 0 Å². The molecular weight excluding hydrogens is 284 g/mol. The van der Waals surface area contributed by atoms with Gasteiger partial charge in [-0.15, -0.1) is 0 Å². The first-order valence-electron chi connectivity index (χ1n) is 7.73. The molecule has 0 radical (unpaired) electrons. The van der Waals surface area contributed by atoms with Gasteiger partial charge in [-0.25, -0.2) is 4.99 Å². The topological polar surface area (TPSA) is 75.2 Å². The Bertz CT molecular complexity index is 368. The van der Waals surface area contributed by atoms with E-state index in [1.807, 2.05) is 0 Å². The van der Waals surface area contributed by atoms with Crippen molar-refractivity contribution in [1.82, 2.24) is 15.5 Å². The second kappa shape index (κ2) is 9.63. The number of nitrogens with one attached hydrogen (secondary N) is 2. The van der Waals surface area contributed by atoms with E-state index in [0.29, 0.717) is 24.5 Å². The first-order valence-corrected chi connectivity index (χ1v) is 7.73. The Morgan fingerprint density at radius 1 is 1.18 bits per heavy atom. The Kier molecular flexibility index (Phi) is 8.19. The van der Waals surface area contributed by atoms with E-state index < -0.39 is 0 Å². The number of guanidine groups is 1. The molecule has 0 saturated heterocycles. The molecule has 0 spiro atoms. The molecule has 0 aliphatic heterocycles. The molecule has 1 aliphatic rings. The lowest BCUT2D eigenvalue weighted by Gasteiger charge is -2.18. The quantitative estimate of drug-likeness (QED) is 0.339. The number of rotatable bonds is 10. The van der Waals surface area contributed by atoms with Crippen molar-refractivity contribution in [3.05, 3.63) is 0 Å². The van der Waals surface area contributed by atoms with Crippen molar-refractivity contribution in [2.45, 2.75) is 19.3 Å². The van der Waals surface area contributed by atoms with Gasteiger partial charge in [0.1, 0.15) is 6.54 Å². The van der Waals surface area contributed by atoms with Crippen molar-refractivity contribution in [2.24, 2.45) is 10.4 Å². The Hall–Kier alpha value is -1.34. The monoisotopic (exact) mass is 314 g/mol. The minimum Gasteiger partial charge on any atom is -0.385 e. The highest BCUT2D eigenvalue weighted by atomic mass is 16.5. The van der Waals surface area contributed by atoms with Gasteiger partial charge in [0.05, 0.1) is 6.61 Å². The van der Waals surface area contributed by atoms with Crippen LogP contribution in [0.25, 0.3) is 0 Å². The number of carbonyl (C=O) groups is 1. The highest BCUT2D eigenvalue weighted by Gasteiger charge is 2.41. The molecule has 0 aromatic carbocycles. The largest absolute Gasteiger partial charge is 0.385 e. The molecule has 0 aromatic rings. The number of likely N-dealkylation sites (N-methyl/N-ethyl adjacent to an activating group) is 1. The van der Waals surface area contributed by atoms with Gasteiger partial charge in [-0.2, -0.15) is 0 Å². The number of methoxy groups -OCH3 is 2. The summed E-state index contributed by atoms with van der Waals surface area (Å²) in [6.45, 7) is 3.02. The first kappa shape index (κ1) is 18.7. The Balaban J connectivity index is 2.46. The number of ether oxygens (including phenoxy) is 2. The molecule has 1 fully saturated rings. The SMILES string of the molecule is COCCNC(=NCC(=O)N(C)C)NCC1(CCOC)CC1. The van der Waals surface area contributed by atoms with Gasteiger partial charge in [0, 0.05) is 48.0 Å². The normalized spacial score (nSPS) is 16.3. The van der Waals surface area contributed by atoms with Crippen LogP contribution in [0.5, 0.6) is 0 Å². The summed E-state index contributed by atoms with van der Waals surface area (Å²) >= 11 is 0. The maximum Gasteiger partial charge on any atom is 0.243 e. The van der Waals surface area contributed by atoms with E-state index in [2.05, 4.69) is 15.6 Å². The molecule has 1 saturated carbocycles. The molecule has 7 nitrogen and oxygen atoms in total. The van der Waals surface area contributed by atoms with Crippen LogP contribution in [0, 0.1) is 5.41 Å². The Morgan fingerprint density at radius 3 is 2.41 bits per heavy atom. The standard InChI is InChI=1S/C15H30N4O3/c1-19(2)13(20)11-17-14(16-8-10-22-4)18-12-15(5-6-15)7-9-21-3/h5-12H2,1-4H3,(H2,16,17,18). The number of hydrogen-bond acceptors (Lipinski definition) is 4. The molecule has 0 heterocycles. The fraction of sp³-hybridized carbons (Fsp3) is 0.867. The van der Waals surface area contributed by atoms with Crippen molar-refractivity contribution in [2.75, 3.05) is 61.2 Å². The van der Waals surface area contributed by atoms with Crippen molar-refractivity contribution >= 4 is 11.9 Å². The van der Waals surface area contributed by atoms with Crippen molar-refractivity contribution < 1.29 is 14.3 Å². The van der Waals surface area contributed by atoms with Gasteiger partial charge in [0.2, 0.25) is 5.91 Å². The number of carbonyl (C=O) groups excluding carboxylic acids is 1. The van der Waals surface area contributed by atoms with E-state index in [1.54, 1.807) is 28.3 Å². The van der Waals surface area contributed by atoms with E-state index in [0.717, 1.165) is 19.6 Å². The number of hydrogen-bond donors (Lipinski definition) is 2. The summed E-state index contributed by atoms with van der Waals surface area (Å²) < 4.78 is 10.2. The van der Waals surface area contributed by atoms with Crippen LogP contribution in [0.2, 0.25) is 0 Å². The number of amides is 1. The Labute approximate surface area is 133 Å². The van der Waals surface area contributed by atoms with Crippen LogP contribution in [0.1, 0.15) is 19.3 Å². The molecule has 1 aliphatic carbocycles. The third kappa shape index (κ3) is 7.09. The minimum atomic E-state index is -0.0200. The fourth-order valence-electron chi connectivity index (χ4n) is 2.02. The minimum absolute atomic E-state index is 0.0200. The summed E-state index contributed by atoms with van der Waals surface area (Å²) in [5.41, 5.74) is 0.325. The molecule has 7 heteroatoms. The van der Waals surface area contributed by atoms with E-state index in [1.165, 1.54) is 17.7 Å². The van der Waals surface area contributed by atoms with Crippen molar-refractivity contribution in [3.63, 3.8) is 0 Å². The average Bonchev–Trinajstić information content (AvgIpc) is 3.27. The molecule has 0 aromatic heterocycles. The molecule has 128 valence electrons. The van der Waals surface area contributed by atoms with E-state index in [4.69, 9.17) is 9.47 Å². The lowest BCUT2D eigenvalue weighted by Crippen LogP contribution is -2.42. The van der Waals surface area contributed by atoms with Gasteiger partial charge in [0.15, 0.2) is 5.96 Å². The average molecular weight is 314 g/mol. The summed E-state index contributed by atoms with van der Waals surface area (Å²) in [7, 11) is 6.85. The van der Waals surface area contributed by atoms with Crippen LogP contribution < -0.4 is 10.6 Å². The lowest BCUT2D eigenvalue weighted by atomic mass is 10.0. The number of nitrogens with zero attached hydrogens (tertiary/aromatic N) is 2. The number of aliphatic imine (C=N–C) groups is 1. The van der Waals surface area contributed by atoms with Crippen molar-refractivity contribution in [1.29, 1.82) is 0 Å². The lowest BCUT2D eigenvalue weighted by molar-refractivity contribution is -0.127.